The fraction of sp³-hybridized carbons (Fsp3) is 0.167. The number of benzene rings is 1. The Balaban J connectivity index is 1.96. The Bertz CT molecular complexity index is 706. The monoisotopic (exact) mass is 289 g/mol. The van der Waals surface area contributed by atoms with E-state index in [2.05, 4.69) is 20.6 Å². The van der Waals surface area contributed by atoms with Gasteiger partial charge in [-0.05, 0) is 12.1 Å². The van der Waals surface area contributed by atoms with Crippen molar-refractivity contribution >= 4 is 23.0 Å². The van der Waals surface area contributed by atoms with E-state index < -0.39 is 4.92 Å². The molecule has 0 amide bonds. The Labute approximate surface area is 119 Å². The van der Waals surface area contributed by atoms with Crippen LogP contribution in [0.1, 0.15) is 0 Å². The maximum absolute atomic E-state index is 11.2. The Morgan fingerprint density at radius 3 is 2.76 bits per heavy atom. The number of nitrogens with zero attached hydrogens (tertiary/aromatic N) is 3. The second kappa shape index (κ2) is 5.12. The summed E-state index contributed by atoms with van der Waals surface area (Å²) in [5, 5.41) is 16.7. The van der Waals surface area contributed by atoms with Gasteiger partial charge >= 0.3 is 5.69 Å². The summed E-state index contributed by atoms with van der Waals surface area (Å²) in [4.78, 5) is 18.4. The van der Waals surface area contributed by atoms with E-state index in [1.165, 1.54) is 6.33 Å². The first kappa shape index (κ1) is 12.9. The molecule has 3 rings (SSSR count). The molecule has 1 aromatic heterocycles. The molecule has 0 saturated heterocycles. The first-order chi connectivity index (χ1) is 10.2. The summed E-state index contributed by atoms with van der Waals surface area (Å²) in [6, 6.07) is 5.13. The van der Waals surface area contributed by atoms with Crippen LogP contribution in [0.4, 0.5) is 23.0 Å². The van der Waals surface area contributed by atoms with Crippen LogP contribution in [0.15, 0.2) is 24.5 Å². The predicted molar refractivity (Wildman–Crippen MR) is 74.1 cm³/mol. The fourth-order valence-electron chi connectivity index (χ4n) is 1.94. The van der Waals surface area contributed by atoms with Crippen molar-refractivity contribution < 1.29 is 14.4 Å². The van der Waals surface area contributed by atoms with Crippen LogP contribution in [0.5, 0.6) is 11.5 Å². The number of rotatable bonds is 4. The molecule has 9 nitrogen and oxygen atoms in total. The van der Waals surface area contributed by atoms with Crippen LogP contribution in [-0.2, 0) is 0 Å². The van der Waals surface area contributed by atoms with Crippen LogP contribution in [0.2, 0.25) is 0 Å². The van der Waals surface area contributed by atoms with Crippen molar-refractivity contribution in [2.24, 2.45) is 0 Å². The second-order valence-corrected chi connectivity index (χ2v) is 4.12. The molecule has 9 heteroatoms. The number of nitrogens with one attached hydrogen (secondary N) is 2. The molecule has 0 spiro atoms. The molecule has 0 saturated carbocycles. The van der Waals surface area contributed by atoms with Crippen molar-refractivity contribution in [3.8, 4) is 11.5 Å². The number of ether oxygens (including phenoxy) is 2. The van der Waals surface area contributed by atoms with Gasteiger partial charge in [-0.3, -0.25) is 10.1 Å². The lowest BCUT2D eigenvalue weighted by Gasteiger charge is -2.08. The van der Waals surface area contributed by atoms with Crippen molar-refractivity contribution in [3.05, 3.63) is 34.6 Å². The summed E-state index contributed by atoms with van der Waals surface area (Å²) in [6.07, 6.45) is 1.24. The highest BCUT2D eigenvalue weighted by Crippen LogP contribution is 2.36. The summed E-state index contributed by atoms with van der Waals surface area (Å²) < 4.78 is 10.5. The van der Waals surface area contributed by atoms with Crippen LogP contribution in [-0.4, -0.2) is 28.7 Å². The number of anilines is 3. The third kappa shape index (κ3) is 2.36. The largest absolute Gasteiger partial charge is 0.454 e. The van der Waals surface area contributed by atoms with Gasteiger partial charge in [0.2, 0.25) is 18.4 Å². The van der Waals surface area contributed by atoms with Gasteiger partial charge in [-0.1, -0.05) is 0 Å². The Kier molecular flexibility index (Phi) is 3.14. The maximum atomic E-state index is 11.2. The quantitative estimate of drug-likeness (QED) is 0.648. The zero-order valence-corrected chi connectivity index (χ0v) is 11.0. The smallest absolute Gasteiger partial charge is 0.353 e. The van der Waals surface area contributed by atoms with Crippen molar-refractivity contribution in [2.75, 3.05) is 24.5 Å². The SMILES string of the molecule is CNc1ncnc(Nc2ccc3c(c2)OCO3)c1[N+](=O)[O-]. The molecule has 2 N–H and O–H groups in total. The Hall–Kier alpha value is -3.10. The average molecular weight is 289 g/mol. The molecular weight excluding hydrogens is 278 g/mol. The van der Waals surface area contributed by atoms with Gasteiger partial charge in [0.05, 0.1) is 4.92 Å². The highest BCUT2D eigenvalue weighted by Gasteiger charge is 2.23. The van der Waals surface area contributed by atoms with Gasteiger partial charge in [0.1, 0.15) is 6.33 Å². The molecule has 1 aliphatic rings. The molecule has 2 aromatic rings. The van der Waals surface area contributed by atoms with E-state index in [1.54, 1.807) is 25.2 Å². The second-order valence-electron chi connectivity index (χ2n) is 4.12. The van der Waals surface area contributed by atoms with Gasteiger partial charge in [0.15, 0.2) is 11.5 Å². The molecule has 0 unspecified atom stereocenters. The highest BCUT2D eigenvalue weighted by molar-refractivity contribution is 5.74. The predicted octanol–water partition coefficient (Wildman–Crippen LogP) is 1.90. The molecule has 1 aliphatic heterocycles. The lowest BCUT2D eigenvalue weighted by Crippen LogP contribution is -2.05. The number of aromatic nitrogens is 2. The summed E-state index contributed by atoms with van der Waals surface area (Å²) in [5.41, 5.74) is 0.376. The van der Waals surface area contributed by atoms with Gasteiger partial charge in [0.25, 0.3) is 0 Å². The molecule has 21 heavy (non-hydrogen) atoms. The standard InChI is InChI=1S/C12H11N5O4/c1-13-11-10(17(18)19)12(15-5-14-11)16-7-2-3-8-9(4-7)21-6-20-8/h2-5H,6H2,1H3,(H2,13,14,15,16). The highest BCUT2D eigenvalue weighted by atomic mass is 16.7. The lowest BCUT2D eigenvalue weighted by molar-refractivity contribution is -0.383. The third-order valence-electron chi connectivity index (χ3n) is 2.88. The van der Waals surface area contributed by atoms with E-state index in [1.807, 2.05) is 0 Å². The number of hydrogen-bond acceptors (Lipinski definition) is 8. The van der Waals surface area contributed by atoms with E-state index in [-0.39, 0.29) is 24.1 Å². The minimum atomic E-state index is -0.541. The topological polar surface area (TPSA) is 111 Å². The van der Waals surface area contributed by atoms with E-state index >= 15 is 0 Å². The molecule has 1 aromatic carbocycles. The molecule has 0 aliphatic carbocycles. The lowest BCUT2D eigenvalue weighted by atomic mass is 10.2. The van der Waals surface area contributed by atoms with E-state index in [0.29, 0.717) is 17.2 Å². The van der Waals surface area contributed by atoms with Gasteiger partial charge in [-0.15, -0.1) is 0 Å². The van der Waals surface area contributed by atoms with Crippen molar-refractivity contribution in [1.82, 2.24) is 9.97 Å². The molecule has 2 heterocycles. The van der Waals surface area contributed by atoms with Gasteiger partial charge in [-0.2, -0.15) is 0 Å². The minimum absolute atomic E-state index is 0.0956. The van der Waals surface area contributed by atoms with Crippen LogP contribution in [0.3, 0.4) is 0 Å². The zero-order valence-electron chi connectivity index (χ0n) is 11.0. The summed E-state index contributed by atoms with van der Waals surface area (Å²) in [7, 11) is 1.56. The maximum Gasteiger partial charge on any atom is 0.353 e. The first-order valence-corrected chi connectivity index (χ1v) is 6.03. The molecular formula is C12H11N5O4. The fourth-order valence-corrected chi connectivity index (χ4v) is 1.94. The van der Waals surface area contributed by atoms with E-state index in [0.717, 1.165) is 0 Å². The molecule has 108 valence electrons. The molecule has 0 fully saturated rings. The number of nitro groups is 1. The van der Waals surface area contributed by atoms with Gasteiger partial charge < -0.3 is 20.1 Å². The van der Waals surface area contributed by atoms with Gasteiger partial charge in [-0.25, -0.2) is 9.97 Å². The van der Waals surface area contributed by atoms with E-state index in [4.69, 9.17) is 9.47 Å². The molecule has 0 bridgehead atoms. The van der Waals surface area contributed by atoms with Crippen LogP contribution < -0.4 is 20.1 Å². The van der Waals surface area contributed by atoms with Gasteiger partial charge in [0, 0.05) is 18.8 Å². The van der Waals surface area contributed by atoms with Crippen molar-refractivity contribution in [2.45, 2.75) is 0 Å². The zero-order chi connectivity index (χ0) is 14.8. The average Bonchev–Trinajstić information content (AvgIpc) is 2.94. The normalized spacial score (nSPS) is 12.0. The van der Waals surface area contributed by atoms with Crippen molar-refractivity contribution in [1.29, 1.82) is 0 Å². The van der Waals surface area contributed by atoms with E-state index in [9.17, 15) is 10.1 Å². The Morgan fingerprint density at radius 1 is 1.24 bits per heavy atom. The summed E-state index contributed by atoms with van der Waals surface area (Å²) in [5.74, 6) is 1.44. The molecule has 0 atom stereocenters. The minimum Gasteiger partial charge on any atom is -0.454 e. The first-order valence-electron chi connectivity index (χ1n) is 6.03. The summed E-state index contributed by atoms with van der Waals surface area (Å²) in [6.45, 7) is 0.163. The number of fused-ring (bicyclic) bond motifs is 1. The van der Waals surface area contributed by atoms with Crippen LogP contribution >= 0.6 is 0 Å². The molecule has 0 radical (unpaired) electrons. The van der Waals surface area contributed by atoms with Crippen LogP contribution in [0.25, 0.3) is 0 Å². The summed E-state index contributed by atoms with van der Waals surface area (Å²) >= 11 is 0. The third-order valence-corrected chi connectivity index (χ3v) is 2.88. The van der Waals surface area contributed by atoms with Crippen LogP contribution in [0, 0.1) is 10.1 Å². The Morgan fingerprint density at radius 2 is 2.00 bits per heavy atom. The number of hydrogen-bond donors (Lipinski definition) is 2. The van der Waals surface area contributed by atoms with Crippen molar-refractivity contribution in [3.63, 3.8) is 0 Å².